The van der Waals surface area contributed by atoms with E-state index in [9.17, 15) is 9.90 Å². The van der Waals surface area contributed by atoms with Crippen LogP contribution in [-0.4, -0.2) is 20.6 Å². The monoisotopic (exact) mass is 288 g/mol. The number of aromatic carboxylic acids is 1. The molecule has 3 rings (SSSR count). The molecule has 0 atom stereocenters. The number of hydrogen-bond donors (Lipinski definition) is 1. The Kier molecular flexibility index (Phi) is 3.71. The summed E-state index contributed by atoms with van der Waals surface area (Å²) in [6.45, 7) is 0. The van der Waals surface area contributed by atoms with Crippen molar-refractivity contribution >= 4 is 5.97 Å². The Labute approximate surface area is 127 Å². The molecule has 1 N–H and O–H groups in total. The van der Waals surface area contributed by atoms with Crippen molar-refractivity contribution < 1.29 is 9.90 Å². The van der Waals surface area contributed by atoms with Gasteiger partial charge < -0.3 is 5.11 Å². The summed E-state index contributed by atoms with van der Waals surface area (Å²) in [6, 6.07) is 17.7. The molecule has 0 aliphatic heterocycles. The standard InChI is InChI=1S/C18H12N2O2/c21-18(22)17-8-4-7-15(14-5-2-1-3-6-14)16(17)9-11-20-12-10-19-13-20/h1-8,10,12-13H,(H,21,22). The number of aromatic nitrogens is 2. The molecule has 106 valence electrons. The lowest BCUT2D eigenvalue weighted by atomic mass is 9.96. The summed E-state index contributed by atoms with van der Waals surface area (Å²) < 4.78 is 1.59. The first-order chi connectivity index (χ1) is 10.8. The number of nitrogens with zero attached hydrogens (tertiary/aromatic N) is 2. The molecule has 0 unspecified atom stereocenters. The molecule has 0 amide bonds. The van der Waals surface area contributed by atoms with Crippen molar-refractivity contribution in [1.82, 2.24) is 9.55 Å². The van der Waals surface area contributed by atoms with Crippen LogP contribution < -0.4 is 0 Å². The first kappa shape index (κ1) is 13.7. The van der Waals surface area contributed by atoms with Gasteiger partial charge in [-0.15, -0.1) is 0 Å². The lowest BCUT2D eigenvalue weighted by Gasteiger charge is -2.07. The fraction of sp³-hybridized carbons (Fsp3) is 0. The molecule has 22 heavy (non-hydrogen) atoms. The second kappa shape index (κ2) is 5.98. The largest absolute Gasteiger partial charge is 0.478 e. The van der Waals surface area contributed by atoms with Crippen LogP contribution in [0.25, 0.3) is 11.1 Å². The Morgan fingerprint density at radius 2 is 1.91 bits per heavy atom. The maximum atomic E-state index is 11.5. The van der Waals surface area contributed by atoms with E-state index in [4.69, 9.17) is 0 Å². The first-order valence-electron chi connectivity index (χ1n) is 6.67. The summed E-state index contributed by atoms with van der Waals surface area (Å²) in [7, 11) is 0. The predicted molar refractivity (Wildman–Crippen MR) is 83.3 cm³/mol. The van der Waals surface area contributed by atoms with Gasteiger partial charge in [-0.3, -0.25) is 4.57 Å². The summed E-state index contributed by atoms with van der Waals surface area (Å²) in [5.41, 5.74) is 2.41. The SMILES string of the molecule is O=C(O)c1cccc(-c2ccccc2)c1C#Cn1ccnc1. The first-order valence-corrected chi connectivity index (χ1v) is 6.67. The van der Waals surface area contributed by atoms with Crippen LogP contribution in [0.3, 0.4) is 0 Å². The van der Waals surface area contributed by atoms with Crippen molar-refractivity contribution in [1.29, 1.82) is 0 Å². The van der Waals surface area contributed by atoms with Gasteiger partial charge in [0.25, 0.3) is 0 Å². The molecule has 2 aromatic carbocycles. The normalized spacial score (nSPS) is 9.82. The zero-order valence-electron chi connectivity index (χ0n) is 11.6. The van der Waals surface area contributed by atoms with Gasteiger partial charge >= 0.3 is 5.97 Å². The molecule has 0 fully saturated rings. The van der Waals surface area contributed by atoms with Crippen molar-refractivity contribution in [3.63, 3.8) is 0 Å². The van der Waals surface area contributed by atoms with Crippen LogP contribution in [0.15, 0.2) is 67.3 Å². The summed E-state index contributed by atoms with van der Waals surface area (Å²) in [6.07, 6.45) is 4.90. The second-order valence-electron chi connectivity index (χ2n) is 4.61. The quantitative estimate of drug-likeness (QED) is 0.737. The van der Waals surface area contributed by atoms with Gasteiger partial charge in [0.05, 0.1) is 5.56 Å². The summed E-state index contributed by atoms with van der Waals surface area (Å²) in [4.78, 5) is 15.4. The molecular weight excluding hydrogens is 276 g/mol. The Morgan fingerprint density at radius 3 is 2.59 bits per heavy atom. The van der Waals surface area contributed by atoms with Crippen LogP contribution in [0.4, 0.5) is 0 Å². The van der Waals surface area contributed by atoms with E-state index in [1.807, 2.05) is 36.4 Å². The zero-order valence-corrected chi connectivity index (χ0v) is 11.6. The zero-order chi connectivity index (χ0) is 15.4. The minimum absolute atomic E-state index is 0.189. The van der Waals surface area contributed by atoms with E-state index in [0.717, 1.165) is 11.1 Å². The van der Waals surface area contributed by atoms with Gasteiger partial charge in [-0.1, -0.05) is 42.5 Å². The van der Waals surface area contributed by atoms with Crippen LogP contribution in [0.1, 0.15) is 15.9 Å². The van der Waals surface area contributed by atoms with Gasteiger partial charge in [0.1, 0.15) is 6.33 Å². The minimum Gasteiger partial charge on any atom is -0.478 e. The van der Waals surface area contributed by atoms with Crippen LogP contribution in [0.2, 0.25) is 0 Å². The third-order valence-corrected chi connectivity index (χ3v) is 3.19. The average Bonchev–Trinajstić information content (AvgIpc) is 3.06. The van der Waals surface area contributed by atoms with Crippen molar-refractivity contribution in [2.24, 2.45) is 0 Å². The molecule has 0 radical (unpaired) electrons. The average molecular weight is 288 g/mol. The smallest absolute Gasteiger partial charge is 0.336 e. The molecule has 4 heteroatoms. The van der Waals surface area contributed by atoms with Crippen LogP contribution in [0.5, 0.6) is 0 Å². The minimum atomic E-state index is -0.993. The van der Waals surface area contributed by atoms with Crippen LogP contribution in [-0.2, 0) is 0 Å². The van der Waals surface area contributed by atoms with E-state index in [2.05, 4.69) is 16.9 Å². The molecular formula is C18H12N2O2. The Morgan fingerprint density at radius 1 is 1.09 bits per heavy atom. The van der Waals surface area contributed by atoms with E-state index in [1.54, 1.807) is 35.4 Å². The maximum Gasteiger partial charge on any atom is 0.336 e. The highest BCUT2D eigenvalue weighted by Gasteiger charge is 2.13. The van der Waals surface area contributed by atoms with Gasteiger partial charge in [-0.2, -0.15) is 0 Å². The number of carboxylic acid groups (broad SMARTS) is 1. The molecule has 0 saturated heterocycles. The molecule has 3 aromatic rings. The molecule has 0 saturated carbocycles. The van der Waals surface area contributed by atoms with Crippen molar-refractivity contribution in [2.75, 3.05) is 0 Å². The number of carboxylic acids is 1. The third kappa shape index (κ3) is 2.74. The summed E-state index contributed by atoms with van der Waals surface area (Å²) in [5, 5.41) is 9.41. The summed E-state index contributed by atoms with van der Waals surface area (Å²) in [5.74, 6) is 1.96. The summed E-state index contributed by atoms with van der Waals surface area (Å²) >= 11 is 0. The molecule has 0 aliphatic carbocycles. The van der Waals surface area contributed by atoms with Crippen molar-refractivity contribution in [2.45, 2.75) is 0 Å². The van der Waals surface area contributed by atoms with E-state index >= 15 is 0 Å². The second-order valence-corrected chi connectivity index (χ2v) is 4.61. The van der Waals surface area contributed by atoms with E-state index in [1.165, 1.54) is 0 Å². The molecule has 0 bridgehead atoms. The van der Waals surface area contributed by atoms with Crippen molar-refractivity contribution in [3.05, 3.63) is 78.4 Å². The predicted octanol–water partition coefficient (Wildman–Crippen LogP) is 3.11. The molecule has 0 aliphatic rings. The highest BCUT2D eigenvalue weighted by Crippen LogP contribution is 2.25. The topological polar surface area (TPSA) is 55.1 Å². The molecule has 4 nitrogen and oxygen atoms in total. The maximum absolute atomic E-state index is 11.5. The number of hydrogen-bond acceptors (Lipinski definition) is 2. The van der Waals surface area contributed by atoms with E-state index < -0.39 is 5.97 Å². The molecule has 0 spiro atoms. The lowest BCUT2D eigenvalue weighted by Crippen LogP contribution is -2.02. The van der Waals surface area contributed by atoms with E-state index in [0.29, 0.717) is 5.56 Å². The van der Waals surface area contributed by atoms with Crippen molar-refractivity contribution in [3.8, 4) is 23.1 Å². The third-order valence-electron chi connectivity index (χ3n) is 3.19. The van der Waals surface area contributed by atoms with Crippen LogP contribution in [0, 0.1) is 12.0 Å². The highest BCUT2D eigenvalue weighted by atomic mass is 16.4. The van der Waals surface area contributed by atoms with Gasteiger partial charge in [0.2, 0.25) is 0 Å². The number of benzene rings is 2. The Bertz CT molecular complexity index is 857. The fourth-order valence-electron chi connectivity index (χ4n) is 2.17. The molecule has 1 heterocycles. The number of rotatable bonds is 2. The lowest BCUT2D eigenvalue weighted by molar-refractivity contribution is 0.0696. The Balaban J connectivity index is 2.18. The van der Waals surface area contributed by atoms with Gasteiger partial charge in [-0.05, 0) is 23.1 Å². The number of carbonyl (C=O) groups is 1. The van der Waals surface area contributed by atoms with Crippen LogP contribution >= 0.6 is 0 Å². The Hall–Kier alpha value is -3.32. The number of imidazole rings is 1. The van der Waals surface area contributed by atoms with Gasteiger partial charge in [0, 0.05) is 24.0 Å². The highest BCUT2D eigenvalue weighted by molar-refractivity contribution is 5.94. The van der Waals surface area contributed by atoms with Gasteiger partial charge in [-0.25, -0.2) is 9.78 Å². The van der Waals surface area contributed by atoms with E-state index in [-0.39, 0.29) is 5.56 Å². The fourth-order valence-corrected chi connectivity index (χ4v) is 2.17. The molecule has 1 aromatic heterocycles. The van der Waals surface area contributed by atoms with Gasteiger partial charge in [0.15, 0.2) is 0 Å².